The highest BCUT2D eigenvalue weighted by molar-refractivity contribution is 5.89. The molecule has 0 bridgehead atoms. The SMILES string of the molecule is CCOc1ccccc1C1CC(C(=O)NC(C)(C)C(=O)OC)NN1. The fourth-order valence-electron chi connectivity index (χ4n) is 2.69. The van der Waals surface area contributed by atoms with Gasteiger partial charge in [-0.2, -0.15) is 0 Å². The van der Waals surface area contributed by atoms with Gasteiger partial charge in [-0.3, -0.25) is 4.79 Å². The maximum Gasteiger partial charge on any atom is 0.330 e. The van der Waals surface area contributed by atoms with Crippen LogP contribution < -0.4 is 20.9 Å². The number of benzene rings is 1. The Kier molecular flexibility index (Phi) is 5.80. The quantitative estimate of drug-likeness (QED) is 0.674. The zero-order valence-corrected chi connectivity index (χ0v) is 14.5. The molecule has 0 saturated carbocycles. The minimum Gasteiger partial charge on any atom is -0.494 e. The van der Waals surface area contributed by atoms with E-state index in [4.69, 9.17) is 9.47 Å². The van der Waals surface area contributed by atoms with E-state index in [-0.39, 0.29) is 11.9 Å². The van der Waals surface area contributed by atoms with Gasteiger partial charge >= 0.3 is 5.97 Å². The molecule has 0 aliphatic carbocycles. The van der Waals surface area contributed by atoms with E-state index >= 15 is 0 Å². The number of para-hydroxylation sites is 1. The molecule has 2 unspecified atom stereocenters. The van der Waals surface area contributed by atoms with Crippen LogP contribution in [0.5, 0.6) is 5.75 Å². The first-order chi connectivity index (χ1) is 11.4. The Labute approximate surface area is 142 Å². The molecule has 0 radical (unpaired) electrons. The molecule has 0 spiro atoms. The molecule has 1 amide bonds. The van der Waals surface area contributed by atoms with Crippen molar-refractivity contribution in [3.05, 3.63) is 29.8 Å². The summed E-state index contributed by atoms with van der Waals surface area (Å²) in [4.78, 5) is 24.1. The fraction of sp³-hybridized carbons (Fsp3) is 0.529. The number of ether oxygens (including phenoxy) is 2. The lowest BCUT2D eigenvalue weighted by Gasteiger charge is -2.24. The number of hydrogen-bond acceptors (Lipinski definition) is 6. The van der Waals surface area contributed by atoms with Crippen LogP contribution in [-0.4, -0.2) is 37.2 Å². The van der Waals surface area contributed by atoms with Gasteiger partial charge in [-0.25, -0.2) is 15.6 Å². The molecular weight excluding hydrogens is 310 g/mol. The second-order valence-corrected chi connectivity index (χ2v) is 6.21. The Morgan fingerprint density at radius 2 is 2.00 bits per heavy atom. The minimum absolute atomic E-state index is 0.0512. The first-order valence-electron chi connectivity index (χ1n) is 8.02. The Bertz CT molecular complexity index is 603. The van der Waals surface area contributed by atoms with E-state index in [1.165, 1.54) is 7.11 Å². The molecule has 1 aliphatic heterocycles. The van der Waals surface area contributed by atoms with Crippen LogP contribution in [0.1, 0.15) is 38.8 Å². The van der Waals surface area contributed by atoms with E-state index in [1.807, 2.05) is 31.2 Å². The van der Waals surface area contributed by atoms with E-state index < -0.39 is 17.6 Å². The number of esters is 1. The summed E-state index contributed by atoms with van der Waals surface area (Å²) >= 11 is 0. The van der Waals surface area contributed by atoms with E-state index in [2.05, 4.69) is 16.2 Å². The van der Waals surface area contributed by atoms with E-state index in [0.29, 0.717) is 13.0 Å². The molecular formula is C17H25N3O4. The molecule has 7 nitrogen and oxygen atoms in total. The highest BCUT2D eigenvalue weighted by Crippen LogP contribution is 2.30. The predicted molar refractivity (Wildman–Crippen MR) is 89.3 cm³/mol. The van der Waals surface area contributed by atoms with Gasteiger partial charge in [0.15, 0.2) is 0 Å². The number of hydrazine groups is 1. The van der Waals surface area contributed by atoms with Gasteiger partial charge in [-0.05, 0) is 33.3 Å². The summed E-state index contributed by atoms with van der Waals surface area (Å²) in [5.41, 5.74) is 6.03. The lowest BCUT2D eigenvalue weighted by Crippen LogP contribution is -2.55. The number of nitrogens with one attached hydrogen (secondary N) is 3. The number of carbonyl (C=O) groups is 2. The van der Waals surface area contributed by atoms with Gasteiger partial charge in [0.2, 0.25) is 5.91 Å². The molecule has 2 rings (SSSR count). The van der Waals surface area contributed by atoms with Crippen molar-refractivity contribution in [2.45, 2.75) is 44.8 Å². The average Bonchev–Trinajstić information content (AvgIpc) is 3.04. The zero-order chi connectivity index (χ0) is 17.7. The number of hydrogen-bond donors (Lipinski definition) is 3. The van der Waals surface area contributed by atoms with Gasteiger partial charge < -0.3 is 14.8 Å². The molecule has 1 aromatic rings. The van der Waals surface area contributed by atoms with E-state index in [0.717, 1.165) is 11.3 Å². The van der Waals surface area contributed by atoms with Crippen LogP contribution in [0.15, 0.2) is 24.3 Å². The highest BCUT2D eigenvalue weighted by atomic mass is 16.5. The summed E-state index contributed by atoms with van der Waals surface area (Å²) in [5, 5.41) is 2.71. The van der Waals surface area contributed by atoms with Crippen LogP contribution >= 0.6 is 0 Å². The van der Waals surface area contributed by atoms with Gasteiger partial charge in [-0.1, -0.05) is 18.2 Å². The van der Waals surface area contributed by atoms with Crippen LogP contribution in [0.2, 0.25) is 0 Å². The van der Waals surface area contributed by atoms with Crippen molar-refractivity contribution < 1.29 is 19.1 Å². The summed E-state index contributed by atoms with van der Waals surface area (Å²) < 4.78 is 10.3. The van der Waals surface area contributed by atoms with Gasteiger partial charge in [0.1, 0.15) is 17.3 Å². The second-order valence-electron chi connectivity index (χ2n) is 6.21. The number of methoxy groups -OCH3 is 1. The molecule has 1 saturated heterocycles. The Balaban J connectivity index is 2.03. The van der Waals surface area contributed by atoms with Crippen LogP contribution in [0.25, 0.3) is 0 Å². The predicted octanol–water partition coefficient (Wildman–Crippen LogP) is 1.06. The Morgan fingerprint density at radius 3 is 2.67 bits per heavy atom. The normalized spacial score (nSPS) is 20.5. The molecule has 3 N–H and O–H groups in total. The third kappa shape index (κ3) is 4.04. The highest BCUT2D eigenvalue weighted by Gasteiger charge is 2.36. The molecule has 1 aromatic carbocycles. The number of amides is 1. The minimum atomic E-state index is -1.07. The number of rotatable bonds is 6. The topological polar surface area (TPSA) is 88.7 Å². The average molecular weight is 335 g/mol. The third-order valence-corrected chi connectivity index (χ3v) is 3.95. The summed E-state index contributed by atoms with van der Waals surface area (Å²) in [6.07, 6.45) is 0.549. The maximum absolute atomic E-state index is 12.4. The van der Waals surface area contributed by atoms with Crippen LogP contribution in [-0.2, 0) is 14.3 Å². The van der Waals surface area contributed by atoms with Gasteiger partial charge in [-0.15, -0.1) is 0 Å². The van der Waals surface area contributed by atoms with Crippen molar-refractivity contribution in [2.24, 2.45) is 0 Å². The van der Waals surface area contributed by atoms with E-state index in [1.54, 1.807) is 13.8 Å². The Morgan fingerprint density at radius 1 is 1.29 bits per heavy atom. The first kappa shape index (κ1) is 18.2. The standard InChI is InChI=1S/C17H25N3O4/c1-5-24-14-9-7-6-8-11(14)12-10-13(20-19-12)15(21)18-17(2,3)16(22)23-4/h6-9,12-13,19-20H,5,10H2,1-4H3,(H,18,21). The van der Waals surface area contributed by atoms with Crippen LogP contribution in [0.3, 0.4) is 0 Å². The smallest absolute Gasteiger partial charge is 0.330 e. The molecule has 132 valence electrons. The molecule has 7 heteroatoms. The molecule has 1 heterocycles. The molecule has 1 fully saturated rings. The monoisotopic (exact) mass is 335 g/mol. The van der Waals surface area contributed by atoms with Crippen molar-refractivity contribution in [1.82, 2.24) is 16.2 Å². The van der Waals surface area contributed by atoms with Gasteiger partial charge in [0.05, 0.1) is 19.8 Å². The van der Waals surface area contributed by atoms with Crippen molar-refractivity contribution in [3.63, 3.8) is 0 Å². The Hall–Kier alpha value is -2.12. The first-order valence-corrected chi connectivity index (χ1v) is 8.02. The number of carbonyl (C=O) groups excluding carboxylic acids is 2. The van der Waals surface area contributed by atoms with Gasteiger partial charge in [0.25, 0.3) is 0 Å². The molecule has 2 atom stereocenters. The molecule has 0 aromatic heterocycles. The van der Waals surface area contributed by atoms with E-state index in [9.17, 15) is 9.59 Å². The van der Waals surface area contributed by atoms with Gasteiger partial charge in [0, 0.05) is 5.56 Å². The largest absolute Gasteiger partial charge is 0.494 e. The lowest BCUT2D eigenvalue weighted by atomic mass is 9.99. The lowest BCUT2D eigenvalue weighted by molar-refractivity contribution is -0.149. The van der Waals surface area contributed by atoms with Crippen molar-refractivity contribution in [1.29, 1.82) is 0 Å². The van der Waals surface area contributed by atoms with Crippen LogP contribution in [0, 0.1) is 0 Å². The molecule has 24 heavy (non-hydrogen) atoms. The zero-order valence-electron chi connectivity index (χ0n) is 14.5. The van der Waals surface area contributed by atoms with Crippen molar-refractivity contribution >= 4 is 11.9 Å². The second kappa shape index (κ2) is 7.63. The molecule has 1 aliphatic rings. The van der Waals surface area contributed by atoms with Crippen molar-refractivity contribution in [3.8, 4) is 5.75 Å². The van der Waals surface area contributed by atoms with Crippen molar-refractivity contribution in [2.75, 3.05) is 13.7 Å². The summed E-state index contributed by atoms with van der Waals surface area (Å²) in [6.45, 7) is 5.73. The fourth-order valence-corrected chi connectivity index (χ4v) is 2.69. The third-order valence-electron chi connectivity index (χ3n) is 3.95. The maximum atomic E-state index is 12.4. The van der Waals surface area contributed by atoms with Crippen LogP contribution in [0.4, 0.5) is 0 Å². The summed E-state index contributed by atoms with van der Waals surface area (Å²) in [7, 11) is 1.30. The summed E-state index contributed by atoms with van der Waals surface area (Å²) in [6, 6.07) is 7.24. The summed E-state index contributed by atoms with van der Waals surface area (Å²) in [5.74, 6) is 0.0598.